The van der Waals surface area contributed by atoms with Crippen molar-refractivity contribution in [2.24, 2.45) is 0 Å². The first kappa shape index (κ1) is 12.2. The molecule has 15 heavy (non-hydrogen) atoms. The molecule has 0 aliphatic heterocycles. The normalized spacial score (nSPS) is 11.9. The Morgan fingerprint density at radius 2 is 2.33 bits per heavy atom. The molecular formula is C11H9BrClNO. The molecule has 0 spiro atoms. The minimum absolute atomic E-state index is 0.000547. The van der Waals surface area contributed by atoms with Gasteiger partial charge >= 0.3 is 0 Å². The summed E-state index contributed by atoms with van der Waals surface area (Å²) < 4.78 is 0.785. The van der Waals surface area contributed by atoms with Crippen LogP contribution in [0.5, 0.6) is 0 Å². The number of hydrogen-bond acceptors (Lipinski definition) is 2. The summed E-state index contributed by atoms with van der Waals surface area (Å²) in [5.41, 5.74) is 0.779. The molecule has 0 aliphatic rings. The van der Waals surface area contributed by atoms with E-state index in [0.29, 0.717) is 5.02 Å². The third-order valence-electron chi connectivity index (χ3n) is 1.99. The number of benzene rings is 1. The highest BCUT2D eigenvalue weighted by Gasteiger charge is 2.13. The molecule has 0 heterocycles. The van der Waals surface area contributed by atoms with E-state index >= 15 is 0 Å². The highest BCUT2D eigenvalue weighted by molar-refractivity contribution is 9.10. The lowest BCUT2D eigenvalue weighted by molar-refractivity contribution is -0.117. The van der Waals surface area contributed by atoms with Gasteiger partial charge in [-0.1, -0.05) is 17.7 Å². The zero-order chi connectivity index (χ0) is 11.4. The Morgan fingerprint density at radius 1 is 1.67 bits per heavy atom. The van der Waals surface area contributed by atoms with Crippen molar-refractivity contribution in [1.82, 2.24) is 0 Å². The van der Waals surface area contributed by atoms with Crippen LogP contribution in [0.4, 0.5) is 0 Å². The SMILES string of the molecule is CC(=O)CC(C#N)c1ccc(Br)c(Cl)c1. The topological polar surface area (TPSA) is 40.9 Å². The first-order valence-corrected chi connectivity index (χ1v) is 5.55. The average molecular weight is 287 g/mol. The number of hydrogen-bond donors (Lipinski definition) is 0. The minimum atomic E-state index is -0.409. The maximum atomic E-state index is 10.9. The lowest BCUT2D eigenvalue weighted by Gasteiger charge is -2.08. The standard InChI is InChI=1S/C11H9BrClNO/c1-7(15)4-9(6-14)8-2-3-10(12)11(13)5-8/h2-3,5,9H,4H2,1H3. The third kappa shape index (κ3) is 3.33. The molecule has 0 radical (unpaired) electrons. The van der Waals surface area contributed by atoms with Crippen LogP contribution in [0.3, 0.4) is 0 Å². The van der Waals surface area contributed by atoms with Crippen LogP contribution in [0.1, 0.15) is 24.8 Å². The first-order chi connectivity index (χ1) is 7.04. The molecule has 1 aromatic rings. The summed E-state index contributed by atoms with van der Waals surface area (Å²) in [6, 6.07) is 7.39. The number of halogens is 2. The second-order valence-electron chi connectivity index (χ2n) is 3.26. The van der Waals surface area contributed by atoms with Gasteiger partial charge in [-0.3, -0.25) is 4.79 Å². The Morgan fingerprint density at radius 3 is 2.80 bits per heavy atom. The van der Waals surface area contributed by atoms with Crippen molar-refractivity contribution in [3.63, 3.8) is 0 Å². The molecule has 1 aromatic carbocycles. The molecule has 0 aromatic heterocycles. The number of carbonyl (C=O) groups is 1. The third-order valence-corrected chi connectivity index (χ3v) is 3.23. The van der Waals surface area contributed by atoms with Crippen LogP contribution in [-0.4, -0.2) is 5.78 Å². The molecule has 2 nitrogen and oxygen atoms in total. The first-order valence-electron chi connectivity index (χ1n) is 4.38. The van der Waals surface area contributed by atoms with Crippen molar-refractivity contribution in [2.45, 2.75) is 19.3 Å². The quantitative estimate of drug-likeness (QED) is 0.850. The molecule has 0 bridgehead atoms. The number of ketones is 1. The van der Waals surface area contributed by atoms with Crippen LogP contribution >= 0.6 is 27.5 Å². The fourth-order valence-electron chi connectivity index (χ4n) is 1.25. The van der Waals surface area contributed by atoms with Gasteiger partial charge in [0.2, 0.25) is 0 Å². The number of nitriles is 1. The van der Waals surface area contributed by atoms with Crippen LogP contribution in [0.15, 0.2) is 22.7 Å². The van der Waals surface area contributed by atoms with E-state index in [2.05, 4.69) is 22.0 Å². The summed E-state index contributed by atoms with van der Waals surface area (Å²) >= 11 is 9.18. The number of Topliss-reactive ketones (excluding diaryl/α,β-unsaturated/α-hetero) is 1. The minimum Gasteiger partial charge on any atom is -0.300 e. The molecule has 1 rings (SSSR count). The highest BCUT2D eigenvalue weighted by Crippen LogP contribution is 2.28. The van der Waals surface area contributed by atoms with E-state index in [-0.39, 0.29) is 12.2 Å². The van der Waals surface area contributed by atoms with Crippen LogP contribution in [0.2, 0.25) is 5.02 Å². The van der Waals surface area contributed by atoms with E-state index in [1.165, 1.54) is 6.92 Å². The van der Waals surface area contributed by atoms with Crippen molar-refractivity contribution in [3.05, 3.63) is 33.3 Å². The van der Waals surface area contributed by atoms with Gasteiger partial charge in [-0.25, -0.2) is 0 Å². The monoisotopic (exact) mass is 285 g/mol. The van der Waals surface area contributed by atoms with E-state index in [4.69, 9.17) is 16.9 Å². The molecule has 0 N–H and O–H groups in total. The maximum absolute atomic E-state index is 10.9. The van der Waals surface area contributed by atoms with Gasteiger partial charge in [-0.05, 0) is 40.5 Å². The van der Waals surface area contributed by atoms with Gasteiger partial charge in [0, 0.05) is 10.9 Å². The predicted octanol–water partition coefficient (Wildman–Crippen LogP) is 3.69. The molecule has 1 atom stereocenters. The summed E-state index contributed by atoms with van der Waals surface area (Å²) in [6.07, 6.45) is 0.231. The van der Waals surface area contributed by atoms with Gasteiger partial charge in [-0.15, -0.1) is 0 Å². The van der Waals surface area contributed by atoms with Crippen LogP contribution < -0.4 is 0 Å². The molecule has 78 valence electrons. The Labute approximate surface area is 102 Å². The summed E-state index contributed by atoms with van der Waals surface area (Å²) in [6.45, 7) is 1.48. The number of carbonyl (C=O) groups excluding carboxylic acids is 1. The van der Waals surface area contributed by atoms with Crippen LogP contribution in [0, 0.1) is 11.3 Å². The van der Waals surface area contributed by atoms with Crippen molar-refractivity contribution in [1.29, 1.82) is 5.26 Å². The second-order valence-corrected chi connectivity index (χ2v) is 4.52. The van der Waals surface area contributed by atoms with E-state index in [1.54, 1.807) is 18.2 Å². The highest BCUT2D eigenvalue weighted by atomic mass is 79.9. The molecule has 0 fully saturated rings. The lowest BCUT2D eigenvalue weighted by Crippen LogP contribution is -2.02. The molecule has 4 heteroatoms. The Kier molecular flexibility index (Phi) is 4.31. The summed E-state index contributed by atoms with van der Waals surface area (Å²) in [5.74, 6) is -0.409. The largest absolute Gasteiger partial charge is 0.300 e. The van der Waals surface area contributed by atoms with Crippen molar-refractivity contribution in [2.75, 3.05) is 0 Å². The smallest absolute Gasteiger partial charge is 0.131 e. The van der Waals surface area contributed by atoms with E-state index < -0.39 is 5.92 Å². The Balaban J connectivity index is 2.98. The van der Waals surface area contributed by atoms with Gasteiger partial charge in [0.1, 0.15) is 5.78 Å². The zero-order valence-corrected chi connectivity index (χ0v) is 10.5. The van der Waals surface area contributed by atoms with Crippen molar-refractivity contribution >= 4 is 33.3 Å². The molecular weight excluding hydrogens is 277 g/mol. The molecule has 0 saturated carbocycles. The lowest BCUT2D eigenvalue weighted by atomic mass is 9.96. The zero-order valence-electron chi connectivity index (χ0n) is 8.13. The fraction of sp³-hybridized carbons (Fsp3) is 0.273. The van der Waals surface area contributed by atoms with Crippen molar-refractivity contribution in [3.8, 4) is 6.07 Å². The summed E-state index contributed by atoms with van der Waals surface area (Å²) in [5, 5.41) is 9.48. The fourth-order valence-corrected chi connectivity index (χ4v) is 1.69. The molecule has 0 amide bonds. The van der Waals surface area contributed by atoms with Crippen molar-refractivity contribution < 1.29 is 4.79 Å². The van der Waals surface area contributed by atoms with E-state index in [1.807, 2.05) is 0 Å². The summed E-state index contributed by atoms with van der Waals surface area (Å²) in [7, 11) is 0. The van der Waals surface area contributed by atoms with E-state index in [9.17, 15) is 4.79 Å². The Bertz CT molecular complexity index is 425. The average Bonchev–Trinajstić information content (AvgIpc) is 2.18. The second kappa shape index (κ2) is 5.29. The van der Waals surface area contributed by atoms with Gasteiger partial charge in [0.05, 0.1) is 17.0 Å². The van der Waals surface area contributed by atoms with Crippen LogP contribution in [-0.2, 0) is 4.79 Å². The van der Waals surface area contributed by atoms with Gasteiger partial charge in [-0.2, -0.15) is 5.26 Å². The number of rotatable bonds is 3. The summed E-state index contributed by atoms with van der Waals surface area (Å²) in [4.78, 5) is 10.9. The number of nitrogens with zero attached hydrogens (tertiary/aromatic N) is 1. The molecule has 0 saturated heterocycles. The molecule has 0 aliphatic carbocycles. The van der Waals surface area contributed by atoms with Gasteiger partial charge in [0.15, 0.2) is 0 Å². The van der Waals surface area contributed by atoms with Gasteiger partial charge < -0.3 is 0 Å². The Hall–Kier alpha value is -0.850. The van der Waals surface area contributed by atoms with Gasteiger partial charge in [0.25, 0.3) is 0 Å². The van der Waals surface area contributed by atoms with Crippen LogP contribution in [0.25, 0.3) is 0 Å². The van der Waals surface area contributed by atoms with E-state index in [0.717, 1.165) is 10.0 Å². The predicted molar refractivity (Wildman–Crippen MR) is 62.8 cm³/mol. The molecule has 1 unspecified atom stereocenters. The maximum Gasteiger partial charge on any atom is 0.131 e.